The molecular formula is C8H9BrO3S. The molecular weight excluding hydrogens is 256 g/mol. The number of esters is 1. The third-order valence-electron chi connectivity index (χ3n) is 1.52. The number of hydrogen-bond donors (Lipinski definition) is 1. The number of rotatable bonds is 3. The van der Waals surface area contributed by atoms with Gasteiger partial charge in [0.2, 0.25) is 0 Å². The largest absolute Gasteiger partial charge is 0.467 e. The monoisotopic (exact) mass is 264 g/mol. The van der Waals surface area contributed by atoms with Gasteiger partial charge in [-0.1, -0.05) is 0 Å². The first kappa shape index (κ1) is 10.7. The van der Waals surface area contributed by atoms with Crippen molar-refractivity contribution in [3.63, 3.8) is 0 Å². The highest BCUT2D eigenvalue weighted by molar-refractivity contribution is 9.11. The molecule has 0 aliphatic rings. The summed E-state index contributed by atoms with van der Waals surface area (Å²) in [7, 11) is 1.26. The number of carbonyl (C=O) groups is 1. The molecule has 0 amide bonds. The topological polar surface area (TPSA) is 46.5 Å². The lowest BCUT2D eigenvalue weighted by Gasteiger charge is -2.05. The van der Waals surface area contributed by atoms with Crippen LogP contribution < -0.4 is 0 Å². The van der Waals surface area contributed by atoms with Gasteiger partial charge >= 0.3 is 5.97 Å². The first-order chi connectivity index (χ1) is 6.13. The van der Waals surface area contributed by atoms with Crippen molar-refractivity contribution >= 4 is 33.2 Å². The second kappa shape index (κ2) is 4.74. The fraction of sp³-hybridized carbons (Fsp3) is 0.375. The molecule has 1 atom stereocenters. The third kappa shape index (κ3) is 3.10. The average Bonchev–Trinajstić information content (AvgIpc) is 2.49. The second-order valence-corrected chi connectivity index (χ2v) is 4.79. The molecule has 0 aliphatic carbocycles. The number of methoxy groups -OCH3 is 1. The molecule has 72 valence electrons. The van der Waals surface area contributed by atoms with Crippen molar-refractivity contribution in [1.82, 2.24) is 0 Å². The van der Waals surface area contributed by atoms with E-state index in [9.17, 15) is 9.90 Å². The fourth-order valence-corrected chi connectivity index (χ4v) is 2.12. The van der Waals surface area contributed by atoms with Gasteiger partial charge in [-0.25, -0.2) is 4.79 Å². The molecule has 3 nitrogen and oxygen atoms in total. The first-order valence-corrected chi connectivity index (χ1v) is 5.29. The number of halogens is 1. The lowest BCUT2D eigenvalue weighted by atomic mass is 10.1. The summed E-state index contributed by atoms with van der Waals surface area (Å²) in [5.74, 6) is -0.595. The van der Waals surface area contributed by atoms with Crippen molar-refractivity contribution in [2.45, 2.75) is 12.5 Å². The smallest absolute Gasteiger partial charge is 0.335 e. The van der Waals surface area contributed by atoms with E-state index in [1.165, 1.54) is 18.4 Å². The predicted molar refractivity (Wildman–Crippen MR) is 53.7 cm³/mol. The van der Waals surface area contributed by atoms with Gasteiger partial charge in [0.25, 0.3) is 0 Å². The number of hydrogen-bond acceptors (Lipinski definition) is 4. The van der Waals surface area contributed by atoms with E-state index in [4.69, 9.17) is 0 Å². The molecule has 13 heavy (non-hydrogen) atoms. The number of thiophene rings is 1. The average molecular weight is 265 g/mol. The molecule has 0 radical (unpaired) electrons. The van der Waals surface area contributed by atoms with Crippen LogP contribution in [0.15, 0.2) is 15.2 Å². The number of carbonyl (C=O) groups excluding carboxylic acids is 1. The Morgan fingerprint density at radius 2 is 2.54 bits per heavy atom. The van der Waals surface area contributed by atoms with Gasteiger partial charge in [-0.2, -0.15) is 0 Å². The third-order valence-corrected chi connectivity index (χ3v) is 3.08. The Morgan fingerprint density at radius 1 is 1.85 bits per heavy atom. The van der Waals surface area contributed by atoms with Gasteiger partial charge < -0.3 is 9.84 Å². The highest BCUT2D eigenvalue weighted by atomic mass is 79.9. The van der Waals surface area contributed by atoms with Crippen LogP contribution in [0.25, 0.3) is 0 Å². The van der Waals surface area contributed by atoms with Crippen LogP contribution in [0.4, 0.5) is 0 Å². The molecule has 0 aliphatic heterocycles. The van der Waals surface area contributed by atoms with Crippen molar-refractivity contribution in [3.05, 3.63) is 20.8 Å². The Hall–Kier alpha value is -0.390. The Kier molecular flexibility index (Phi) is 3.90. The van der Waals surface area contributed by atoms with Crippen LogP contribution >= 0.6 is 27.3 Å². The zero-order chi connectivity index (χ0) is 9.84. The summed E-state index contributed by atoms with van der Waals surface area (Å²) in [6, 6.07) is 1.87. The molecule has 1 aromatic rings. The minimum Gasteiger partial charge on any atom is -0.467 e. The highest BCUT2D eigenvalue weighted by Gasteiger charge is 2.16. The molecule has 0 fully saturated rings. The summed E-state index contributed by atoms with van der Waals surface area (Å²) in [5, 5.41) is 11.2. The minimum atomic E-state index is -1.06. The van der Waals surface area contributed by atoms with Gasteiger partial charge in [0.05, 0.1) is 10.9 Å². The van der Waals surface area contributed by atoms with Crippen molar-refractivity contribution in [2.24, 2.45) is 0 Å². The SMILES string of the molecule is COC(=O)C(O)Cc1csc(Br)c1. The van der Waals surface area contributed by atoms with E-state index in [1.807, 2.05) is 11.4 Å². The lowest BCUT2D eigenvalue weighted by molar-refractivity contribution is -0.150. The standard InChI is InChI=1S/C8H9BrO3S/c1-12-8(11)6(10)2-5-3-7(9)13-4-5/h3-4,6,10H,2H2,1H3. The minimum absolute atomic E-state index is 0.300. The van der Waals surface area contributed by atoms with Crippen LogP contribution in [0.3, 0.4) is 0 Å². The van der Waals surface area contributed by atoms with Gasteiger partial charge in [0.15, 0.2) is 6.10 Å². The summed E-state index contributed by atoms with van der Waals surface area (Å²) in [6.45, 7) is 0. The number of ether oxygens (including phenoxy) is 1. The maximum Gasteiger partial charge on any atom is 0.335 e. The predicted octanol–water partition coefficient (Wildman–Crippen LogP) is 1.59. The van der Waals surface area contributed by atoms with E-state index in [0.29, 0.717) is 6.42 Å². The van der Waals surface area contributed by atoms with Crippen molar-refractivity contribution in [1.29, 1.82) is 0 Å². The molecule has 5 heteroatoms. The van der Waals surface area contributed by atoms with Crippen molar-refractivity contribution in [3.8, 4) is 0 Å². The van der Waals surface area contributed by atoms with Gasteiger partial charge in [-0.3, -0.25) is 0 Å². The van der Waals surface area contributed by atoms with Crippen molar-refractivity contribution in [2.75, 3.05) is 7.11 Å². The van der Waals surface area contributed by atoms with E-state index >= 15 is 0 Å². The molecule has 0 spiro atoms. The highest BCUT2D eigenvalue weighted by Crippen LogP contribution is 2.21. The van der Waals surface area contributed by atoms with E-state index in [1.54, 1.807) is 0 Å². The second-order valence-electron chi connectivity index (χ2n) is 2.50. The van der Waals surface area contributed by atoms with Gasteiger partial charge in [0.1, 0.15) is 0 Å². The zero-order valence-electron chi connectivity index (χ0n) is 6.99. The Labute approximate surface area is 88.5 Å². The molecule has 1 unspecified atom stereocenters. The molecule has 0 aromatic carbocycles. The quantitative estimate of drug-likeness (QED) is 0.844. The van der Waals surface area contributed by atoms with Gasteiger partial charge in [-0.05, 0) is 32.9 Å². The number of aliphatic hydroxyl groups excluding tert-OH is 1. The Bertz CT molecular complexity index is 297. The Balaban J connectivity index is 2.54. The maximum atomic E-state index is 10.8. The van der Waals surface area contributed by atoms with Crippen LogP contribution in [0, 0.1) is 0 Å². The van der Waals surface area contributed by atoms with E-state index in [2.05, 4.69) is 20.7 Å². The molecule has 1 aromatic heterocycles. The van der Waals surface area contributed by atoms with Crippen LogP contribution in [0.1, 0.15) is 5.56 Å². The molecule has 0 saturated heterocycles. The van der Waals surface area contributed by atoms with E-state index < -0.39 is 12.1 Å². The van der Waals surface area contributed by atoms with Crippen molar-refractivity contribution < 1.29 is 14.6 Å². The van der Waals surface area contributed by atoms with E-state index in [-0.39, 0.29) is 0 Å². The van der Waals surface area contributed by atoms with E-state index in [0.717, 1.165) is 9.35 Å². The molecule has 1 rings (SSSR count). The summed E-state index contributed by atoms with van der Waals surface area (Å²) < 4.78 is 5.38. The molecule has 0 saturated carbocycles. The summed E-state index contributed by atoms with van der Waals surface area (Å²) in [6.07, 6.45) is -0.763. The lowest BCUT2D eigenvalue weighted by Crippen LogP contribution is -2.23. The summed E-state index contributed by atoms with van der Waals surface area (Å²) in [4.78, 5) is 10.8. The van der Waals surface area contributed by atoms with Gasteiger partial charge in [-0.15, -0.1) is 11.3 Å². The van der Waals surface area contributed by atoms with Crippen LogP contribution in [-0.2, 0) is 16.0 Å². The van der Waals surface area contributed by atoms with Crippen LogP contribution in [0.5, 0.6) is 0 Å². The normalized spacial score (nSPS) is 12.5. The Morgan fingerprint density at radius 3 is 3.00 bits per heavy atom. The fourth-order valence-electron chi connectivity index (χ4n) is 0.895. The maximum absolute atomic E-state index is 10.8. The van der Waals surface area contributed by atoms with Gasteiger partial charge in [0, 0.05) is 6.42 Å². The molecule has 0 bridgehead atoms. The molecule has 1 N–H and O–H groups in total. The van der Waals surface area contributed by atoms with Crippen LogP contribution in [-0.4, -0.2) is 24.3 Å². The number of aliphatic hydroxyl groups is 1. The molecule has 1 heterocycles. The van der Waals surface area contributed by atoms with Crippen LogP contribution in [0.2, 0.25) is 0 Å². The zero-order valence-corrected chi connectivity index (χ0v) is 9.39. The summed E-state index contributed by atoms with van der Waals surface area (Å²) in [5.41, 5.74) is 0.926. The first-order valence-electron chi connectivity index (χ1n) is 3.62. The summed E-state index contributed by atoms with van der Waals surface area (Å²) >= 11 is 4.82.